The van der Waals surface area contributed by atoms with E-state index in [1.54, 1.807) is 25.1 Å². The van der Waals surface area contributed by atoms with Crippen molar-refractivity contribution in [2.24, 2.45) is 0 Å². The summed E-state index contributed by atoms with van der Waals surface area (Å²) >= 11 is 0. The van der Waals surface area contributed by atoms with Gasteiger partial charge in [-0.2, -0.15) is 0 Å². The van der Waals surface area contributed by atoms with E-state index in [9.17, 15) is 9.59 Å². The standard InChI is InChI=1S/C16H19NO4/c1-4-9-17-16(20)12(3)21-14-7-5-11(2)10-13(14)6-8-15(18)19/h4-8,10,12H,1,9H2,2-3H3,(H,17,20)(H,18,19). The number of ether oxygens (including phenoxy) is 1. The van der Waals surface area contributed by atoms with Crippen LogP contribution in [0.2, 0.25) is 0 Å². The first-order valence-corrected chi connectivity index (χ1v) is 6.51. The zero-order valence-electron chi connectivity index (χ0n) is 12.1. The highest BCUT2D eigenvalue weighted by molar-refractivity contribution is 5.86. The number of nitrogens with one attached hydrogen (secondary N) is 1. The normalized spacial score (nSPS) is 11.9. The number of aryl methyl sites for hydroxylation is 1. The van der Waals surface area contributed by atoms with Gasteiger partial charge in [-0.15, -0.1) is 6.58 Å². The van der Waals surface area contributed by atoms with E-state index >= 15 is 0 Å². The van der Waals surface area contributed by atoms with Gasteiger partial charge in [-0.05, 0) is 32.1 Å². The van der Waals surface area contributed by atoms with Crippen molar-refractivity contribution in [3.63, 3.8) is 0 Å². The second kappa shape index (κ2) is 7.89. The zero-order chi connectivity index (χ0) is 15.8. The highest BCUT2D eigenvalue weighted by Gasteiger charge is 2.15. The third-order valence-electron chi connectivity index (χ3n) is 2.66. The molecule has 0 bridgehead atoms. The summed E-state index contributed by atoms with van der Waals surface area (Å²) in [4.78, 5) is 22.4. The van der Waals surface area contributed by atoms with Gasteiger partial charge >= 0.3 is 5.97 Å². The van der Waals surface area contributed by atoms with Crippen molar-refractivity contribution in [1.82, 2.24) is 5.32 Å². The Morgan fingerprint density at radius 2 is 2.19 bits per heavy atom. The minimum atomic E-state index is -1.04. The smallest absolute Gasteiger partial charge is 0.328 e. The van der Waals surface area contributed by atoms with E-state index in [1.165, 1.54) is 6.08 Å². The van der Waals surface area contributed by atoms with Crippen molar-refractivity contribution in [3.8, 4) is 5.75 Å². The Balaban J connectivity index is 2.89. The number of carbonyl (C=O) groups is 2. The maximum Gasteiger partial charge on any atom is 0.328 e. The molecule has 0 fully saturated rings. The third-order valence-corrected chi connectivity index (χ3v) is 2.66. The molecule has 0 spiro atoms. The Labute approximate surface area is 123 Å². The van der Waals surface area contributed by atoms with Gasteiger partial charge in [0.05, 0.1) is 0 Å². The molecule has 5 nitrogen and oxygen atoms in total. The van der Waals surface area contributed by atoms with Gasteiger partial charge in [0.25, 0.3) is 5.91 Å². The fourth-order valence-corrected chi connectivity index (χ4v) is 1.63. The average molecular weight is 289 g/mol. The molecule has 112 valence electrons. The van der Waals surface area contributed by atoms with E-state index in [-0.39, 0.29) is 5.91 Å². The molecule has 1 unspecified atom stereocenters. The number of rotatable bonds is 7. The predicted octanol–water partition coefficient (Wildman–Crippen LogP) is 2.16. The number of hydrogen-bond donors (Lipinski definition) is 2. The number of hydrogen-bond acceptors (Lipinski definition) is 3. The zero-order valence-corrected chi connectivity index (χ0v) is 12.1. The van der Waals surface area contributed by atoms with Crippen LogP contribution in [-0.2, 0) is 9.59 Å². The predicted molar refractivity (Wildman–Crippen MR) is 81.1 cm³/mol. The lowest BCUT2D eigenvalue weighted by atomic mass is 10.1. The molecule has 0 heterocycles. The lowest BCUT2D eigenvalue weighted by Gasteiger charge is -2.16. The fourth-order valence-electron chi connectivity index (χ4n) is 1.63. The van der Waals surface area contributed by atoms with E-state index in [0.29, 0.717) is 17.9 Å². The summed E-state index contributed by atoms with van der Waals surface area (Å²) in [7, 11) is 0. The second-order valence-corrected chi connectivity index (χ2v) is 4.51. The number of aliphatic carboxylic acids is 1. The molecular weight excluding hydrogens is 270 g/mol. The number of amides is 1. The highest BCUT2D eigenvalue weighted by Crippen LogP contribution is 2.22. The van der Waals surface area contributed by atoms with Crippen molar-refractivity contribution in [1.29, 1.82) is 0 Å². The van der Waals surface area contributed by atoms with Crippen molar-refractivity contribution in [2.75, 3.05) is 6.54 Å². The lowest BCUT2D eigenvalue weighted by Crippen LogP contribution is -2.36. The minimum Gasteiger partial charge on any atom is -0.480 e. The van der Waals surface area contributed by atoms with Crippen LogP contribution in [0.4, 0.5) is 0 Å². The maximum atomic E-state index is 11.8. The van der Waals surface area contributed by atoms with Crippen LogP contribution in [0, 0.1) is 6.92 Å². The molecule has 1 rings (SSSR count). The van der Waals surface area contributed by atoms with Gasteiger partial charge in [-0.25, -0.2) is 4.79 Å². The molecule has 0 aliphatic carbocycles. The van der Waals surface area contributed by atoms with E-state index < -0.39 is 12.1 Å². The molecule has 2 N–H and O–H groups in total. The summed E-state index contributed by atoms with van der Waals surface area (Å²) in [5, 5.41) is 11.3. The first-order valence-electron chi connectivity index (χ1n) is 6.51. The molecular formula is C16H19NO4. The highest BCUT2D eigenvalue weighted by atomic mass is 16.5. The summed E-state index contributed by atoms with van der Waals surface area (Å²) < 4.78 is 5.60. The van der Waals surface area contributed by atoms with Crippen molar-refractivity contribution < 1.29 is 19.4 Å². The maximum absolute atomic E-state index is 11.8. The van der Waals surface area contributed by atoms with E-state index in [2.05, 4.69) is 11.9 Å². The molecule has 1 atom stereocenters. The molecule has 21 heavy (non-hydrogen) atoms. The first kappa shape index (κ1) is 16.5. The summed E-state index contributed by atoms with van der Waals surface area (Å²) in [5.74, 6) is -0.845. The van der Waals surface area contributed by atoms with Crippen LogP contribution in [-0.4, -0.2) is 29.6 Å². The monoisotopic (exact) mass is 289 g/mol. The summed E-state index contributed by atoms with van der Waals surface area (Å²) in [5.41, 5.74) is 1.58. The Bertz CT molecular complexity index is 563. The molecule has 0 saturated carbocycles. The average Bonchev–Trinajstić information content (AvgIpc) is 2.44. The van der Waals surface area contributed by atoms with Crippen LogP contribution >= 0.6 is 0 Å². The summed E-state index contributed by atoms with van der Waals surface area (Å²) in [6.07, 6.45) is 3.37. The van der Waals surface area contributed by atoms with Gasteiger partial charge in [-0.3, -0.25) is 4.79 Å². The summed E-state index contributed by atoms with van der Waals surface area (Å²) in [6, 6.07) is 5.35. The van der Waals surface area contributed by atoms with Crippen molar-refractivity contribution >= 4 is 18.0 Å². The molecule has 1 aromatic carbocycles. The fraction of sp³-hybridized carbons (Fsp3) is 0.250. The van der Waals surface area contributed by atoms with E-state index in [1.807, 2.05) is 13.0 Å². The van der Waals surface area contributed by atoms with Gasteiger partial charge in [-0.1, -0.05) is 17.7 Å². The Kier molecular flexibility index (Phi) is 6.20. The van der Waals surface area contributed by atoms with Gasteiger partial charge in [0, 0.05) is 18.2 Å². The van der Waals surface area contributed by atoms with E-state index in [0.717, 1.165) is 11.6 Å². The molecule has 1 amide bonds. The molecule has 0 aliphatic rings. The van der Waals surface area contributed by atoms with Crippen LogP contribution in [0.15, 0.2) is 36.9 Å². The van der Waals surface area contributed by atoms with Gasteiger partial charge in [0.2, 0.25) is 0 Å². The topological polar surface area (TPSA) is 75.6 Å². The van der Waals surface area contributed by atoms with Crippen LogP contribution in [0.3, 0.4) is 0 Å². The lowest BCUT2D eigenvalue weighted by molar-refractivity contribution is -0.131. The first-order chi connectivity index (χ1) is 9.93. The molecule has 0 aromatic heterocycles. The molecule has 0 aliphatic heterocycles. The summed E-state index contributed by atoms with van der Waals surface area (Å²) in [6.45, 7) is 7.41. The van der Waals surface area contributed by atoms with Gasteiger partial charge in [0.15, 0.2) is 6.10 Å². The Morgan fingerprint density at radius 1 is 1.48 bits per heavy atom. The molecule has 5 heteroatoms. The number of carboxylic acids is 1. The molecule has 0 radical (unpaired) electrons. The largest absolute Gasteiger partial charge is 0.480 e. The third kappa shape index (κ3) is 5.52. The number of carbonyl (C=O) groups excluding carboxylic acids is 1. The molecule has 0 saturated heterocycles. The SMILES string of the molecule is C=CCNC(=O)C(C)Oc1ccc(C)cc1C=CC(=O)O. The minimum absolute atomic E-state index is 0.261. The van der Waals surface area contributed by atoms with Gasteiger partial charge < -0.3 is 15.2 Å². The van der Waals surface area contributed by atoms with Crippen LogP contribution in [0.5, 0.6) is 5.75 Å². The quantitative estimate of drug-likeness (QED) is 0.596. The Hall–Kier alpha value is -2.56. The van der Waals surface area contributed by atoms with Crippen LogP contribution in [0.1, 0.15) is 18.1 Å². The van der Waals surface area contributed by atoms with E-state index in [4.69, 9.17) is 9.84 Å². The van der Waals surface area contributed by atoms with Crippen molar-refractivity contribution in [2.45, 2.75) is 20.0 Å². The van der Waals surface area contributed by atoms with Crippen molar-refractivity contribution in [3.05, 3.63) is 48.1 Å². The van der Waals surface area contributed by atoms with Gasteiger partial charge in [0.1, 0.15) is 5.75 Å². The number of carboxylic acid groups (broad SMARTS) is 1. The molecule has 1 aromatic rings. The Morgan fingerprint density at radius 3 is 2.81 bits per heavy atom. The number of benzene rings is 1. The second-order valence-electron chi connectivity index (χ2n) is 4.51. The van der Waals surface area contributed by atoms with Crippen LogP contribution in [0.25, 0.3) is 6.08 Å². The van der Waals surface area contributed by atoms with Crippen LogP contribution < -0.4 is 10.1 Å².